The molecule has 156 valence electrons. The molecule has 1 N–H and O–H groups in total. The number of hydrogen-bond donors (Lipinski definition) is 1. The number of rotatable bonds is 5. The van der Waals surface area contributed by atoms with Gasteiger partial charge in [0.15, 0.2) is 0 Å². The highest BCUT2D eigenvalue weighted by atomic mass is 35.5. The minimum atomic E-state index is -4.39. The highest BCUT2D eigenvalue weighted by Crippen LogP contribution is 2.31. The third kappa shape index (κ3) is 5.64. The summed E-state index contributed by atoms with van der Waals surface area (Å²) in [6.07, 6.45) is -4.41. The quantitative estimate of drug-likeness (QED) is 0.755. The van der Waals surface area contributed by atoms with Gasteiger partial charge in [0.05, 0.1) is 23.4 Å². The maximum atomic E-state index is 12.7. The smallest absolute Gasteiger partial charge is 0.367 e. The van der Waals surface area contributed by atoms with E-state index in [9.17, 15) is 18.0 Å². The van der Waals surface area contributed by atoms with Crippen molar-refractivity contribution in [2.45, 2.75) is 19.5 Å². The highest BCUT2D eigenvalue weighted by Gasteiger charge is 2.30. The van der Waals surface area contributed by atoms with Gasteiger partial charge in [0.25, 0.3) is 0 Å². The Bertz CT molecular complexity index is 847. The molecule has 0 spiro atoms. The second-order valence-corrected chi connectivity index (χ2v) is 7.44. The molecular weight excluding hydrogens is 403 g/mol. The molecule has 1 aliphatic heterocycles. The zero-order valence-electron chi connectivity index (χ0n) is 16.1. The number of carbonyl (C=O) groups is 1. The Kier molecular flexibility index (Phi) is 6.70. The SMILES string of the molecule is CCN1CCN(c2ccc(Cl)cc2NC(=O)Cc2ccc(C(F)(F)F)cc2)CC1. The van der Waals surface area contributed by atoms with E-state index in [1.54, 1.807) is 12.1 Å². The minimum Gasteiger partial charge on any atom is -0.367 e. The average Bonchev–Trinajstić information content (AvgIpc) is 2.68. The monoisotopic (exact) mass is 425 g/mol. The van der Waals surface area contributed by atoms with Crippen LogP contribution in [0.2, 0.25) is 5.02 Å². The number of piperazine rings is 1. The lowest BCUT2D eigenvalue weighted by atomic mass is 10.1. The van der Waals surface area contributed by atoms with Gasteiger partial charge >= 0.3 is 6.18 Å². The van der Waals surface area contributed by atoms with Gasteiger partial charge in [-0.15, -0.1) is 0 Å². The van der Waals surface area contributed by atoms with Crippen LogP contribution in [0.3, 0.4) is 0 Å². The van der Waals surface area contributed by atoms with Crippen LogP contribution in [0.25, 0.3) is 0 Å². The first-order valence-corrected chi connectivity index (χ1v) is 9.87. The van der Waals surface area contributed by atoms with Gasteiger partial charge in [0.1, 0.15) is 0 Å². The Hall–Kier alpha value is -2.25. The number of carbonyl (C=O) groups excluding carboxylic acids is 1. The molecule has 4 nitrogen and oxygen atoms in total. The zero-order chi connectivity index (χ0) is 21.0. The van der Waals surface area contributed by atoms with Gasteiger partial charge in [0, 0.05) is 31.2 Å². The molecule has 0 bridgehead atoms. The molecule has 1 aliphatic rings. The lowest BCUT2D eigenvalue weighted by molar-refractivity contribution is -0.137. The molecule has 1 saturated heterocycles. The molecule has 0 aliphatic carbocycles. The van der Waals surface area contributed by atoms with Crippen molar-refractivity contribution in [2.75, 3.05) is 42.9 Å². The first-order chi connectivity index (χ1) is 13.8. The molecule has 0 atom stereocenters. The number of anilines is 2. The number of alkyl halides is 3. The maximum Gasteiger partial charge on any atom is 0.416 e. The van der Waals surface area contributed by atoms with E-state index in [4.69, 9.17) is 11.6 Å². The molecule has 29 heavy (non-hydrogen) atoms. The number of benzene rings is 2. The second-order valence-electron chi connectivity index (χ2n) is 7.00. The maximum absolute atomic E-state index is 12.7. The fourth-order valence-corrected chi connectivity index (χ4v) is 3.55. The Labute approximate surface area is 173 Å². The van der Waals surface area contributed by atoms with E-state index in [1.807, 2.05) is 6.07 Å². The van der Waals surface area contributed by atoms with Crippen molar-refractivity contribution in [3.8, 4) is 0 Å². The number of likely N-dealkylation sites (N-methyl/N-ethyl adjacent to an activating group) is 1. The van der Waals surface area contributed by atoms with Crippen LogP contribution in [0.4, 0.5) is 24.5 Å². The molecular formula is C21H23ClF3N3O. The first kappa shape index (κ1) is 21.5. The van der Waals surface area contributed by atoms with Crippen LogP contribution in [0.15, 0.2) is 42.5 Å². The van der Waals surface area contributed by atoms with Gasteiger partial charge in [-0.3, -0.25) is 4.79 Å². The summed E-state index contributed by atoms with van der Waals surface area (Å²) < 4.78 is 38.0. The predicted octanol–water partition coefficient (Wildman–Crippen LogP) is 4.68. The number of amides is 1. The first-order valence-electron chi connectivity index (χ1n) is 9.49. The Morgan fingerprint density at radius 1 is 1.07 bits per heavy atom. The normalized spacial score (nSPS) is 15.4. The third-order valence-corrected chi connectivity index (χ3v) is 5.27. The highest BCUT2D eigenvalue weighted by molar-refractivity contribution is 6.31. The van der Waals surface area contributed by atoms with Crippen molar-refractivity contribution < 1.29 is 18.0 Å². The number of nitrogens with one attached hydrogen (secondary N) is 1. The molecule has 0 aromatic heterocycles. The molecule has 1 fully saturated rings. The molecule has 0 saturated carbocycles. The largest absolute Gasteiger partial charge is 0.416 e. The van der Waals surface area contributed by atoms with Crippen LogP contribution in [-0.4, -0.2) is 43.5 Å². The van der Waals surface area contributed by atoms with Crippen molar-refractivity contribution in [1.82, 2.24) is 4.90 Å². The van der Waals surface area contributed by atoms with Crippen LogP contribution in [-0.2, 0) is 17.4 Å². The molecule has 2 aromatic carbocycles. The second kappa shape index (κ2) is 9.05. The summed E-state index contributed by atoms with van der Waals surface area (Å²) in [7, 11) is 0. The van der Waals surface area contributed by atoms with Gasteiger partial charge in [0.2, 0.25) is 5.91 Å². The molecule has 2 aromatic rings. The number of hydrogen-bond acceptors (Lipinski definition) is 3. The van der Waals surface area contributed by atoms with Crippen molar-refractivity contribution in [1.29, 1.82) is 0 Å². The van der Waals surface area contributed by atoms with E-state index in [-0.39, 0.29) is 12.3 Å². The summed E-state index contributed by atoms with van der Waals surface area (Å²) in [5.74, 6) is -0.305. The van der Waals surface area contributed by atoms with Crippen molar-refractivity contribution in [2.24, 2.45) is 0 Å². The fourth-order valence-electron chi connectivity index (χ4n) is 3.38. The van der Waals surface area contributed by atoms with Gasteiger partial charge < -0.3 is 15.1 Å². The van der Waals surface area contributed by atoms with Gasteiger partial charge in [-0.1, -0.05) is 30.7 Å². The van der Waals surface area contributed by atoms with Crippen LogP contribution < -0.4 is 10.2 Å². The molecule has 8 heteroatoms. The third-order valence-electron chi connectivity index (χ3n) is 5.04. The number of nitrogens with zero attached hydrogens (tertiary/aromatic N) is 2. The van der Waals surface area contributed by atoms with E-state index in [2.05, 4.69) is 22.0 Å². The van der Waals surface area contributed by atoms with Crippen LogP contribution in [0, 0.1) is 0 Å². The van der Waals surface area contributed by atoms with E-state index in [0.29, 0.717) is 16.3 Å². The fraction of sp³-hybridized carbons (Fsp3) is 0.381. The van der Waals surface area contributed by atoms with E-state index >= 15 is 0 Å². The minimum absolute atomic E-state index is 0.0201. The van der Waals surface area contributed by atoms with Crippen LogP contribution in [0.1, 0.15) is 18.1 Å². The van der Waals surface area contributed by atoms with Gasteiger partial charge in [-0.25, -0.2) is 0 Å². The van der Waals surface area contributed by atoms with Crippen molar-refractivity contribution in [3.63, 3.8) is 0 Å². The molecule has 1 heterocycles. The van der Waals surface area contributed by atoms with Crippen LogP contribution >= 0.6 is 11.6 Å². The van der Waals surface area contributed by atoms with Crippen molar-refractivity contribution >= 4 is 28.9 Å². The van der Waals surface area contributed by atoms with E-state index < -0.39 is 11.7 Å². The summed E-state index contributed by atoms with van der Waals surface area (Å²) in [6.45, 7) is 6.71. The van der Waals surface area contributed by atoms with E-state index in [1.165, 1.54) is 12.1 Å². The van der Waals surface area contributed by atoms with E-state index in [0.717, 1.165) is 50.5 Å². The topological polar surface area (TPSA) is 35.6 Å². The Balaban J connectivity index is 1.69. The zero-order valence-corrected chi connectivity index (χ0v) is 16.9. The molecule has 0 unspecified atom stereocenters. The van der Waals surface area contributed by atoms with Gasteiger partial charge in [-0.2, -0.15) is 13.2 Å². The summed E-state index contributed by atoms with van der Waals surface area (Å²) >= 11 is 6.12. The van der Waals surface area contributed by atoms with Crippen LogP contribution in [0.5, 0.6) is 0 Å². The molecule has 0 radical (unpaired) electrons. The number of halogens is 4. The summed E-state index contributed by atoms with van der Waals surface area (Å²) in [6, 6.07) is 10.00. The predicted molar refractivity (Wildman–Crippen MR) is 110 cm³/mol. The summed E-state index contributed by atoms with van der Waals surface area (Å²) in [5.41, 5.74) is 1.28. The van der Waals surface area contributed by atoms with Crippen molar-refractivity contribution in [3.05, 3.63) is 58.6 Å². The summed E-state index contributed by atoms with van der Waals surface area (Å²) in [4.78, 5) is 17.1. The summed E-state index contributed by atoms with van der Waals surface area (Å²) in [5, 5.41) is 3.37. The molecule has 3 rings (SSSR count). The average molecular weight is 426 g/mol. The Morgan fingerprint density at radius 3 is 2.31 bits per heavy atom. The van der Waals surface area contributed by atoms with Gasteiger partial charge in [-0.05, 0) is 42.4 Å². The lowest BCUT2D eigenvalue weighted by Crippen LogP contribution is -2.46. The standard InChI is InChI=1S/C21H23ClF3N3O/c1-2-27-9-11-28(12-10-27)19-8-7-17(22)14-18(19)26-20(29)13-15-3-5-16(6-4-15)21(23,24)25/h3-8,14H,2,9-13H2,1H3,(H,26,29). The Morgan fingerprint density at radius 2 is 1.72 bits per heavy atom. The lowest BCUT2D eigenvalue weighted by Gasteiger charge is -2.36. The molecule has 1 amide bonds.